The molecule has 0 aliphatic carbocycles. The maximum absolute atomic E-state index is 11.7. The normalized spacial score (nSPS) is 13.2. The van der Waals surface area contributed by atoms with Crippen LogP contribution >= 0.6 is 0 Å². The van der Waals surface area contributed by atoms with Gasteiger partial charge in [-0.05, 0) is 6.07 Å². The molecule has 0 spiro atoms. The second kappa shape index (κ2) is 8.36. The van der Waals surface area contributed by atoms with Crippen LogP contribution in [0.2, 0.25) is 0 Å². The summed E-state index contributed by atoms with van der Waals surface area (Å²) in [6, 6.07) is 9.27. The van der Waals surface area contributed by atoms with Crippen LogP contribution in [0, 0.1) is 0 Å². The SMILES string of the molecule is C=C[C@H](O)C[C@H](O)CC(=O)Oc1cc2ccccc2[nH]1.[Na]. The van der Waals surface area contributed by atoms with Crippen molar-refractivity contribution >= 4 is 46.4 Å². The molecular weight excluding hydrogens is 281 g/mol. The summed E-state index contributed by atoms with van der Waals surface area (Å²) in [4.78, 5) is 14.6. The van der Waals surface area contributed by atoms with Gasteiger partial charge in [-0.2, -0.15) is 0 Å². The number of ether oxygens (including phenoxy) is 1. The van der Waals surface area contributed by atoms with E-state index in [1.54, 1.807) is 6.07 Å². The zero-order valence-electron chi connectivity index (χ0n) is 12.0. The fourth-order valence-corrected chi connectivity index (χ4v) is 1.92. The number of aromatic nitrogens is 1. The number of hydrogen-bond donors (Lipinski definition) is 3. The predicted octanol–water partition coefficient (Wildman–Crippen LogP) is 1.38. The molecular formula is C15H17NNaO4. The first-order valence-electron chi connectivity index (χ1n) is 6.35. The molecule has 0 saturated heterocycles. The van der Waals surface area contributed by atoms with Crippen LogP contribution in [0.25, 0.3) is 10.9 Å². The Morgan fingerprint density at radius 2 is 2.10 bits per heavy atom. The van der Waals surface area contributed by atoms with Crippen molar-refractivity contribution in [2.45, 2.75) is 25.0 Å². The van der Waals surface area contributed by atoms with Gasteiger partial charge in [0, 0.05) is 52.9 Å². The molecule has 5 nitrogen and oxygen atoms in total. The number of nitrogens with one attached hydrogen (secondary N) is 1. The summed E-state index contributed by atoms with van der Waals surface area (Å²) in [5.74, 6) is -0.215. The first-order valence-corrected chi connectivity index (χ1v) is 6.35. The second-order valence-corrected chi connectivity index (χ2v) is 4.59. The average Bonchev–Trinajstić information content (AvgIpc) is 2.79. The number of aliphatic hydroxyl groups excluding tert-OH is 2. The van der Waals surface area contributed by atoms with Crippen molar-refractivity contribution in [3.05, 3.63) is 43.0 Å². The van der Waals surface area contributed by atoms with Crippen LogP contribution in [0.1, 0.15) is 12.8 Å². The van der Waals surface area contributed by atoms with Gasteiger partial charge in [0.2, 0.25) is 5.88 Å². The molecule has 2 aromatic rings. The first-order chi connectivity index (χ1) is 9.58. The standard InChI is InChI=1S/C15H17NO4.Na/c1-2-11(17)8-12(18)9-15(19)20-14-7-10-5-3-4-6-13(10)16-14;/h2-7,11-12,16-18H,1,8-9H2;/t11-,12-;/m0./s1. The summed E-state index contributed by atoms with van der Waals surface area (Å²) in [7, 11) is 0. The van der Waals surface area contributed by atoms with E-state index in [1.165, 1.54) is 6.08 Å². The third-order valence-corrected chi connectivity index (χ3v) is 2.92. The van der Waals surface area contributed by atoms with Crippen LogP contribution in [0.4, 0.5) is 0 Å². The van der Waals surface area contributed by atoms with Gasteiger partial charge in [0.05, 0.1) is 18.6 Å². The molecule has 0 amide bonds. The molecule has 1 aromatic carbocycles. The van der Waals surface area contributed by atoms with E-state index in [2.05, 4.69) is 11.6 Å². The third kappa shape index (κ3) is 5.30. The minimum Gasteiger partial charge on any atom is -0.409 e. The molecule has 1 radical (unpaired) electrons. The van der Waals surface area contributed by atoms with Gasteiger partial charge in [-0.25, -0.2) is 0 Å². The first kappa shape index (κ1) is 17.9. The number of carbonyl (C=O) groups is 1. The molecule has 0 bridgehead atoms. The summed E-state index contributed by atoms with van der Waals surface area (Å²) in [5.41, 5.74) is 0.873. The minimum atomic E-state index is -0.958. The van der Waals surface area contributed by atoms with Crippen LogP contribution in [0.15, 0.2) is 43.0 Å². The Balaban J connectivity index is 0.00000220. The molecule has 21 heavy (non-hydrogen) atoms. The van der Waals surface area contributed by atoms with Gasteiger partial charge in [0.25, 0.3) is 0 Å². The van der Waals surface area contributed by atoms with Crippen LogP contribution in [-0.2, 0) is 4.79 Å². The third-order valence-electron chi connectivity index (χ3n) is 2.92. The summed E-state index contributed by atoms with van der Waals surface area (Å²) in [6.45, 7) is 3.40. The van der Waals surface area contributed by atoms with Crippen molar-refractivity contribution in [1.29, 1.82) is 0 Å². The Labute approximate surface area is 144 Å². The largest absolute Gasteiger partial charge is 0.409 e. The average molecular weight is 298 g/mol. The van der Waals surface area contributed by atoms with Gasteiger partial charge in [-0.15, -0.1) is 6.58 Å². The number of carbonyl (C=O) groups excluding carboxylic acids is 1. The van der Waals surface area contributed by atoms with E-state index in [0.29, 0.717) is 5.88 Å². The van der Waals surface area contributed by atoms with Gasteiger partial charge in [-0.1, -0.05) is 24.3 Å². The van der Waals surface area contributed by atoms with Crippen molar-refractivity contribution in [3.63, 3.8) is 0 Å². The summed E-state index contributed by atoms with van der Waals surface area (Å²) in [5, 5.41) is 19.9. The second-order valence-electron chi connectivity index (χ2n) is 4.59. The topological polar surface area (TPSA) is 82.6 Å². The number of aromatic amines is 1. The Bertz CT molecular complexity index is 577. The quantitative estimate of drug-likeness (QED) is 0.427. The summed E-state index contributed by atoms with van der Waals surface area (Å²) in [6.07, 6.45) is -0.594. The Hall–Kier alpha value is -1.11. The molecule has 0 aliphatic rings. The molecule has 0 aliphatic heterocycles. The Kier molecular flexibility index (Phi) is 7.14. The predicted molar refractivity (Wildman–Crippen MR) is 81.1 cm³/mol. The van der Waals surface area contributed by atoms with Crippen LogP contribution in [0.3, 0.4) is 0 Å². The summed E-state index contributed by atoms with van der Waals surface area (Å²) >= 11 is 0. The number of esters is 1. The molecule has 0 fully saturated rings. The molecule has 0 unspecified atom stereocenters. The molecule has 6 heteroatoms. The zero-order valence-corrected chi connectivity index (χ0v) is 14.0. The van der Waals surface area contributed by atoms with Gasteiger partial charge in [-0.3, -0.25) is 4.79 Å². The molecule has 1 heterocycles. The summed E-state index contributed by atoms with van der Waals surface area (Å²) < 4.78 is 5.12. The van der Waals surface area contributed by atoms with Crippen molar-refractivity contribution < 1.29 is 19.7 Å². The van der Waals surface area contributed by atoms with E-state index in [9.17, 15) is 15.0 Å². The molecule has 107 valence electrons. The van der Waals surface area contributed by atoms with E-state index in [-0.39, 0.29) is 42.4 Å². The van der Waals surface area contributed by atoms with Gasteiger partial charge in [0.1, 0.15) is 0 Å². The number of hydrogen-bond acceptors (Lipinski definition) is 4. The van der Waals surface area contributed by atoms with Gasteiger partial charge < -0.3 is 19.9 Å². The minimum absolute atomic E-state index is 0. The number of benzene rings is 1. The Morgan fingerprint density at radius 3 is 2.76 bits per heavy atom. The van der Waals surface area contributed by atoms with E-state index in [0.717, 1.165) is 10.9 Å². The van der Waals surface area contributed by atoms with E-state index in [1.807, 2.05) is 24.3 Å². The number of rotatable bonds is 6. The van der Waals surface area contributed by atoms with Crippen LogP contribution in [-0.4, -0.2) is 62.9 Å². The van der Waals surface area contributed by atoms with Crippen LogP contribution in [0.5, 0.6) is 5.88 Å². The number of aliphatic hydroxyl groups is 2. The monoisotopic (exact) mass is 298 g/mol. The number of fused-ring (bicyclic) bond motifs is 1. The Morgan fingerprint density at radius 1 is 1.38 bits per heavy atom. The molecule has 2 atom stereocenters. The van der Waals surface area contributed by atoms with Crippen molar-refractivity contribution in [2.75, 3.05) is 0 Å². The number of para-hydroxylation sites is 1. The molecule has 1 aromatic heterocycles. The van der Waals surface area contributed by atoms with Crippen molar-refractivity contribution in [1.82, 2.24) is 4.98 Å². The smallest absolute Gasteiger partial charge is 0.315 e. The maximum Gasteiger partial charge on any atom is 0.315 e. The molecule has 2 rings (SSSR count). The fourth-order valence-electron chi connectivity index (χ4n) is 1.92. The van der Waals surface area contributed by atoms with Crippen molar-refractivity contribution in [2.24, 2.45) is 0 Å². The number of H-pyrrole nitrogens is 1. The molecule has 0 saturated carbocycles. The van der Waals surface area contributed by atoms with Gasteiger partial charge >= 0.3 is 5.97 Å². The fraction of sp³-hybridized carbons (Fsp3) is 0.267. The van der Waals surface area contributed by atoms with Crippen molar-refractivity contribution in [3.8, 4) is 5.88 Å². The van der Waals surface area contributed by atoms with E-state index >= 15 is 0 Å². The zero-order chi connectivity index (χ0) is 14.5. The molecule has 3 N–H and O–H groups in total. The maximum atomic E-state index is 11.7. The van der Waals surface area contributed by atoms with E-state index in [4.69, 9.17) is 4.74 Å². The van der Waals surface area contributed by atoms with E-state index < -0.39 is 18.2 Å². The van der Waals surface area contributed by atoms with Gasteiger partial charge in [0.15, 0.2) is 0 Å². The van der Waals surface area contributed by atoms with Crippen LogP contribution < -0.4 is 4.74 Å².